The first-order chi connectivity index (χ1) is 23.3. The summed E-state index contributed by atoms with van der Waals surface area (Å²) >= 11 is 1.24. The second-order valence-corrected chi connectivity index (χ2v) is 11.8. The summed E-state index contributed by atoms with van der Waals surface area (Å²) in [6.07, 6.45) is 3.58. The van der Waals surface area contributed by atoms with Gasteiger partial charge < -0.3 is 0 Å². The molecule has 0 bridgehead atoms. The first-order valence-electron chi connectivity index (χ1n) is 15.3. The second kappa shape index (κ2) is 11.3. The Kier molecular flexibility index (Phi) is 6.54. The molecule has 0 saturated carbocycles. The summed E-state index contributed by atoms with van der Waals surface area (Å²) in [6.45, 7) is 0. The van der Waals surface area contributed by atoms with Gasteiger partial charge in [-0.05, 0) is 82.9 Å². The van der Waals surface area contributed by atoms with Crippen LogP contribution >= 0.6 is 11.7 Å². The van der Waals surface area contributed by atoms with Crippen molar-refractivity contribution in [2.75, 3.05) is 0 Å². The van der Waals surface area contributed by atoms with Crippen LogP contribution in [-0.4, -0.2) is 28.7 Å². The molecule has 6 nitrogen and oxygen atoms in total. The highest BCUT2D eigenvalue weighted by Gasteiger charge is 2.16. The zero-order valence-corrected chi connectivity index (χ0v) is 25.8. The van der Waals surface area contributed by atoms with Crippen molar-refractivity contribution in [3.63, 3.8) is 0 Å². The lowest BCUT2D eigenvalue weighted by molar-refractivity contribution is 1.22. The molecule has 220 valence electrons. The third-order valence-electron chi connectivity index (χ3n) is 8.46. The van der Waals surface area contributed by atoms with Gasteiger partial charge in [0.1, 0.15) is 11.0 Å². The summed E-state index contributed by atoms with van der Waals surface area (Å²) in [6, 6.07) is 45.6. The highest BCUT2D eigenvalue weighted by molar-refractivity contribution is 7.00. The van der Waals surface area contributed by atoms with Crippen LogP contribution in [0.1, 0.15) is 0 Å². The molecule has 9 aromatic rings. The Labute approximate surface area is 274 Å². The molecule has 47 heavy (non-hydrogen) atoms. The smallest absolute Gasteiger partial charge is 0.113 e. The molecular weight excluding hydrogens is 597 g/mol. The lowest BCUT2D eigenvalue weighted by Crippen LogP contribution is -1.94. The van der Waals surface area contributed by atoms with Crippen molar-refractivity contribution < 1.29 is 0 Å². The maximum Gasteiger partial charge on any atom is 0.113 e. The fourth-order valence-corrected chi connectivity index (χ4v) is 6.72. The summed E-state index contributed by atoms with van der Waals surface area (Å²) in [5.41, 5.74) is 12.4. The van der Waals surface area contributed by atoms with Gasteiger partial charge in [0.25, 0.3) is 0 Å². The van der Waals surface area contributed by atoms with Crippen LogP contribution in [0.2, 0.25) is 0 Å². The molecule has 9 rings (SSSR count). The zero-order valence-electron chi connectivity index (χ0n) is 24.9. The minimum Gasteiger partial charge on any atom is -0.255 e. The van der Waals surface area contributed by atoms with E-state index >= 15 is 0 Å². The Morgan fingerprint density at radius 3 is 1.72 bits per heavy atom. The lowest BCUT2D eigenvalue weighted by atomic mass is 9.95. The van der Waals surface area contributed by atoms with E-state index in [9.17, 15) is 0 Å². The van der Waals surface area contributed by atoms with Crippen molar-refractivity contribution in [3.8, 4) is 56.3 Å². The van der Waals surface area contributed by atoms with Crippen LogP contribution in [0.3, 0.4) is 0 Å². The summed E-state index contributed by atoms with van der Waals surface area (Å²) in [4.78, 5) is 19.2. The number of benzene rings is 4. The van der Waals surface area contributed by atoms with E-state index in [1.54, 1.807) is 12.4 Å². The number of hydrogen-bond donors (Lipinski definition) is 0. The van der Waals surface area contributed by atoms with Gasteiger partial charge in [0.2, 0.25) is 0 Å². The fraction of sp³-hybridized carbons (Fsp3) is 0. The first-order valence-corrected chi connectivity index (χ1v) is 16.0. The highest BCUT2D eigenvalue weighted by atomic mass is 32.1. The van der Waals surface area contributed by atoms with Crippen molar-refractivity contribution in [2.45, 2.75) is 0 Å². The quantitative estimate of drug-likeness (QED) is 0.178. The maximum atomic E-state index is 5.16. The van der Waals surface area contributed by atoms with Gasteiger partial charge in [-0.3, -0.25) is 9.97 Å². The average molecular weight is 621 g/mol. The predicted molar refractivity (Wildman–Crippen MR) is 191 cm³/mol. The molecule has 0 saturated heterocycles. The van der Waals surface area contributed by atoms with Crippen LogP contribution in [0, 0.1) is 0 Å². The maximum absolute atomic E-state index is 5.16. The molecular formula is C40H24N6S. The van der Waals surface area contributed by atoms with Gasteiger partial charge in [-0.1, -0.05) is 72.8 Å². The Hall–Kier alpha value is -6.18. The minimum atomic E-state index is 0.805. The monoisotopic (exact) mass is 620 g/mol. The third-order valence-corrected chi connectivity index (χ3v) is 9.00. The van der Waals surface area contributed by atoms with Crippen molar-refractivity contribution in [2.24, 2.45) is 0 Å². The van der Waals surface area contributed by atoms with Crippen molar-refractivity contribution in [1.29, 1.82) is 0 Å². The molecule has 0 aliphatic heterocycles. The molecule has 0 atom stereocenters. The molecule has 0 radical (unpaired) electrons. The molecule has 4 aromatic carbocycles. The summed E-state index contributed by atoms with van der Waals surface area (Å²) in [5.74, 6) is 0. The van der Waals surface area contributed by atoms with Crippen LogP contribution in [-0.2, 0) is 0 Å². The van der Waals surface area contributed by atoms with Gasteiger partial charge in [-0.2, -0.15) is 8.75 Å². The molecule has 0 fully saturated rings. The Bertz CT molecular complexity index is 2490. The summed E-state index contributed by atoms with van der Waals surface area (Å²) in [7, 11) is 0. The fourth-order valence-electron chi connectivity index (χ4n) is 6.17. The van der Waals surface area contributed by atoms with Gasteiger partial charge in [0.05, 0.1) is 45.7 Å². The Morgan fingerprint density at radius 2 is 1.04 bits per heavy atom. The van der Waals surface area contributed by atoms with Crippen LogP contribution in [0.4, 0.5) is 0 Å². The molecule has 0 N–H and O–H groups in total. The second-order valence-electron chi connectivity index (χ2n) is 11.3. The van der Waals surface area contributed by atoms with Crippen LogP contribution < -0.4 is 0 Å². The van der Waals surface area contributed by atoms with E-state index in [0.29, 0.717) is 0 Å². The predicted octanol–water partition coefficient (Wildman–Crippen LogP) is 9.91. The SMILES string of the molecule is c1ccc(-c2nc3ccc(-c4ccc(-c5cc(-c6ccccn6)nc(-c6ccccn6)c5)cc4)cc3c3c2ccc2nsnc23)cc1. The van der Waals surface area contributed by atoms with E-state index in [0.717, 1.165) is 89.0 Å². The molecule has 0 aliphatic carbocycles. The summed E-state index contributed by atoms with van der Waals surface area (Å²) < 4.78 is 9.27. The van der Waals surface area contributed by atoms with Gasteiger partial charge in [0, 0.05) is 34.1 Å². The van der Waals surface area contributed by atoms with Gasteiger partial charge in [-0.25, -0.2) is 9.97 Å². The Balaban J connectivity index is 1.16. The highest BCUT2D eigenvalue weighted by Crippen LogP contribution is 2.38. The molecule has 0 aliphatic rings. The molecule has 5 heterocycles. The summed E-state index contributed by atoms with van der Waals surface area (Å²) in [5, 5.41) is 3.22. The van der Waals surface area contributed by atoms with Crippen LogP contribution in [0.25, 0.3) is 89.0 Å². The zero-order chi connectivity index (χ0) is 31.2. The number of nitrogens with zero attached hydrogens (tertiary/aromatic N) is 6. The van der Waals surface area contributed by atoms with E-state index in [-0.39, 0.29) is 0 Å². The van der Waals surface area contributed by atoms with E-state index in [1.807, 2.05) is 60.7 Å². The Morgan fingerprint density at radius 1 is 0.404 bits per heavy atom. The number of hydrogen-bond acceptors (Lipinski definition) is 7. The van der Waals surface area contributed by atoms with E-state index in [2.05, 4.69) is 87.1 Å². The molecule has 0 unspecified atom stereocenters. The van der Waals surface area contributed by atoms with Gasteiger partial charge in [0.15, 0.2) is 0 Å². The number of fused-ring (bicyclic) bond motifs is 5. The number of aromatic nitrogens is 6. The number of rotatable bonds is 5. The normalized spacial score (nSPS) is 11.4. The lowest BCUT2D eigenvalue weighted by Gasteiger charge is -2.12. The molecule has 0 spiro atoms. The van der Waals surface area contributed by atoms with E-state index in [4.69, 9.17) is 14.3 Å². The van der Waals surface area contributed by atoms with Crippen LogP contribution in [0.15, 0.2) is 146 Å². The topological polar surface area (TPSA) is 77.3 Å². The van der Waals surface area contributed by atoms with Gasteiger partial charge >= 0.3 is 0 Å². The standard InChI is InChI=1S/C40H24N6S/c1-2-8-27(9-3-1)39-30-17-19-35-40(46-47-45-35)38(30)31-22-28(16-18-32(31)44-39)25-12-14-26(15-13-25)29-23-36(33-10-4-6-20-41-33)43-37(24-29)34-11-5-7-21-42-34/h1-24H. The van der Waals surface area contributed by atoms with Crippen molar-refractivity contribution in [3.05, 3.63) is 146 Å². The average Bonchev–Trinajstić information content (AvgIpc) is 3.65. The third kappa shape index (κ3) is 4.90. The molecule has 5 aromatic heterocycles. The first kappa shape index (κ1) is 27.2. The largest absolute Gasteiger partial charge is 0.255 e. The molecule has 7 heteroatoms. The van der Waals surface area contributed by atoms with Crippen molar-refractivity contribution in [1.82, 2.24) is 28.7 Å². The molecule has 0 amide bonds. The number of pyridine rings is 4. The van der Waals surface area contributed by atoms with Gasteiger partial charge in [-0.15, -0.1) is 0 Å². The van der Waals surface area contributed by atoms with Crippen molar-refractivity contribution >= 4 is 44.4 Å². The minimum absolute atomic E-state index is 0.805. The van der Waals surface area contributed by atoms with E-state index in [1.165, 1.54) is 11.7 Å². The van der Waals surface area contributed by atoms with Crippen LogP contribution in [0.5, 0.6) is 0 Å². The van der Waals surface area contributed by atoms with E-state index < -0.39 is 0 Å².